The lowest BCUT2D eigenvalue weighted by molar-refractivity contribution is 0.0693. The molecule has 30 heavy (non-hydrogen) atoms. The van der Waals surface area contributed by atoms with Crippen molar-refractivity contribution in [3.63, 3.8) is 0 Å². The molecule has 0 unspecified atom stereocenters. The topological polar surface area (TPSA) is 140 Å². The van der Waals surface area contributed by atoms with E-state index in [0.29, 0.717) is 24.5 Å². The van der Waals surface area contributed by atoms with Crippen molar-refractivity contribution in [2.24, 2.45) is 15.3 Å². The smallest absolute Gasteiger partial charge is 0.339 e. The summed E-state index contributed by atoms with van der Waals surface area (Å²) in [7, 11) is 0. The number of hydrogen-bond acceptors (Lipinski definition) is 6. The molecule has 0 radical (unpaired) electrons. The molecular formula is C21H25N5O4. The van der Waals surface area contributed by atoms with Gasteiger partial charge in [0.25, 0.3) is 0 Å². The summed E-state index contributed by atoms with van der Waals surface area (Å²) in [6.07, 6.45) is 6.37. The normalized spacial score (nSPS) is 10.7. The fraction of sp³-hybridized carbons (Fsp3) is 0.381. The van der Waals surface area contributed by atoms with E-state index >= 15 is 0 Å². The first kappa shape index (κ1) is 22.7. The first-order valence-electron chi connectivity index (χ1n) is 9.82. The minimum atomic E-state index is -1.23. The molecule has 0 amide bonds. The molecule has 0 fully saturated rings. The number of hydrogen-bond donors (Lipinski definition) is 2. The van der Waals surface area contributed by atoms with Crippen molar-refractivity contribution in [2.75, 3.05) is 13.2 Å². The molecule has 0 atom stereocenters. The Kier molecular flexibility index (Phi) is 9.68. The number of azo groups is 1. The Morgan fingerprint density at radius 2 is 1.57 bits per heavy atom. The zero-order valence-electron chi connectivity index (χ0n) is 16.6. The van der Waals surface area contributed by atoms with Gasteiger partial charge in [0.1, 0.15) is 17.1 Å². The number of phenols is 1. The molecule has 0 saturated heterocycles. The number of carboxylic acid groups (broad SMARTS) is 1. The molecule has 2 rings (SSSR count). The summed E-state index contributed by atoms with van der Waals surface area (Å²) in [5, 5.41) is 30.1. The van der Waals surface area contributed by atoms with Gasteiger partial charge in [-0.25, -0.2) is 4.79 Å². The second kappa shape index (κ2) is 12.8. The van der Waals surface area contributed by atoms with E-state index in [0.717, 1.165) is 44.3 Å². The van der Waals surface area contributed by atoms with Crippen LogP contribution in [-0.2, 0) is 0 Å². The molecular weight excluding hydrogens is 386 g/mol. The monoisotopic (exact) mass is 411 g/mol. The number of ether oxygens (including phenoxy) is 1. The maximum atomic E-state index is 11.0. The predicted octanol–water partition coefficient (Wildman–Crippen LogP) is 6.54. The van der Waals surface area contributed by atoms with Crippen LogP contribution in [0.4, 0.5) is 11.4 Å². The van der Waals surface area contributed by atoms with Gasteiger partial charge in [0.2, 0.25) is 0 Å². The third-order valence-corrected chi connectivity index (χ3v) is 4.31. The van der Waals surface area contributed by atoms with Crippen molar-refractivity contribution in [3.8, 4) is 11.5 Å². The molecule has 0 heterocycles. The molecule has 0 spiro atoms. The number of benzene rings is 2. The first-order chi connectivity index (χ1) is 14.6. The molecule has 2 aromatic carbocycles. The predicted molar refractivity (Wildman–Crippen MR) is 113 cm³/mol. The summed E-state index contributed by atoms with van der Waals surface area (Å²) in [4.78, 5) is 13.8. The van der Waals surface area contributed by atoms with E-state index in [1.807, 2.05) is 12.1 Å². The highest BCUT2D eigenvalue weighted by molar-refractivity contribution is 5.91. The van der Waals surface area contributed by atoms with Crippen LogP contribution in [0.2, 0.25) is 0 Å². The zero-order chi connectivity index (χ0) is 21.6. The van der Waals surface area contributed by atoms with Crippen molar-refractivity contribution < 1.29 is 19.7 Å². The number of azide groups is 1. The summed E-state index contributed by atoms with van der Waals surface area (Å²) < 4.78 is 5.72. The van der Waals surface area contributed by atoms with Crippen LogP contribution in [0.15, 0.2) is 57.8 Å². The molecule has 0 aliphatic rings. The van der Waals surface area contributed by atoms with E-state index < -0.39 is 5.97 Å². The van der Waals surface area contributed by atoms with Gasteiger partial charge in [0.05, 0.1) is 18.0 Å². The Morgan fingerprint density at radius 3 is 2.27 bits per heavy atom. The van der Waals surface area contributed by atoms with Crippen molar-refractivity contribution in [1.82, 2.24) is 0 Å². The van der Waals surface area contributed by atoms with Gasteiger partial charge in [-0.15, -0.1) is 0 Å². The number of carboxylic acids is 1. The second-order valence-corrected chi connectivity index (χ2v) is 6.62. The van der Waals surface area contributed by atoms with Crippen LogP contribution < -0.4 is 4.74 Å². The molecule has 0 aliphatic carbocycles. The van der Waals surface area contributed by atoms with Gasteiger partial charge >= 0.3 is 5.97 Å². The summed E-state index contributed by atoms with van der Waals surface area (Å²) in [6, 6.07) is 11.2. The van der Waals surface area contributed by atoms with Crippen LogP contribution in [0.5, 0.6) is 11.5 Å². The van der Waals surface area contributed by atoms with Crippen LogP contribution in [-0.4, -0.2) is 29.3 Å². The van der Waals surface area contributed by atoms with Gasteiger partial charge in [0.15, 0.2) is 0 Å². The maximum Gasteiger partial charge on any atom is 0.339 e. The Hall–Kier alpha value is -3.58. The molecule has 2 N–H and O–H groups in total. The number of nitrogens with zero attached hydrogens (tertiary/aromatic N) is 5. The molecule has 0 saturated carbocycles. The summed E-state index contributed by atoms with van der Waals surface area (Å²) in [6.45, 7) is 1.22. The van der Waals surface area contributed by atoms with Crippen LogP contribution in [0.3, 0.4) is 0 Å². The Bertz CT molecular complexity index is 893. The van der Waals surface area contributed by atoms with E-state index in [1.165, 1.54) is 18.2 Å². The number of aromatic hydroxyl groups is 1. The number of aromatic carboxylic acids is 1. The third kappa shape index (κ3) is 8.20. The SMILES string of the molecule is [N-]=[N+]=NCCCCCCCCOc1ccc(/N=N/c2ccc(O)c(C(=O)O)c2)cc1. The fourth-order valence-electron chi connectivity index (χ4n) is 2.71. The van der Waals surface area contributed by atoms with E-state index in [9.17, 15) is 9.90 Å². The molecule has 9 nitrogen and oxygen atoms in total. The van der Waals surface area contributed by atoms with Crippen molar-refractivity contribution in [2.45, 2.75) is 38.5 Å². The van der Waals surface area contributed by atoms with Gasteiger partial charge in [0, 0.05) is 11.5 Å². The lowest BCUT2D eigenvalue weighted by Gasteiger charge is -2.06. The van der Waals surface area contributed by atoms with Gasteiger partial charge in [-0.1, -0.05) is 30.8 Å². The van der Waals surface area contributed by atoms with E-state index in [2.05, 4.69) is 20.3 Å². The zero-order valence-corrected chi connectivity index (χ0v) is 16.6. The minimum absolute atomic E-state index is 0.219. The minimum Gasteiger partial charge on any atom is -0.507 e. The Morgan fingerprint density at radius 1 is 0.933 bits per heavy atom. The molecule has 0 aromatic heterocycles. The molecule has 2 aromatic rings. The fourth-order valence-corrected chi connectivity index (χ4v) is 2.71. The standard InChI is InChI=1S/C21H25N5O4/c22-26-23-13-5-3-1-2-4-6-14-30-18-10-7-16(8-11-18)24-25-17-9-12-20(27)19(15-17)21(28)29/h7-12,15,27H,1-6,13-14H2,(H,28,29)/b25-24+. The molecule has 9 heteroatoms. The lowest BCUT2D eigenvalue weighted by Crippen LogP contribution is -1.97. The van der Waals surface area contributed by atoms with Crippen molar-refractivity contribution in [3.05, 3.63) is 58.5 Å². The van der Waals surface area contributed by atoms with Crippen LogP contribution in [0.25, 0.3) is 10.4 Å². The van der Waals surface area contributed by atoms with E-state index in [-0.39, 0.29) is 11.3 Å². The highest BCUT2D eigenvalue weighted by Gasteiger charge is 2.09. The average Bonchev–Trinajstić information content (AvgIpc) is 2.75. The second-order valence-electron chi connectivity index (χ2n) is 6.62. The molecule has 0 aliphatic heterocycles. The quantitative estimate of drug-likeness (QED) is 0.167. The van der Waals surface area contributed by atoms with E-state index in [4.69, 9.17) is 15.4 Å². The summed E-state index contributed by atoms with van der Waals surface area (Å²) in [5.74, 6) is -0.786. The largest absolute Gasteiger partial charge is 0.507 e. The third-order valence-electron chi connectivity index (χ3n) is 4.31. The van der Waals surface area contributed by atoms with Crippen molar-refractivity contribution in [1.29, 1.82) is 0 Å². The number of carbonyl (C=O) groups is 1. The van der Waals surface area contributed by atoms with Gasteiger partial charge in [-0.05, 0) is 60.8 Å². The molecule has 0 bridgehead atoms. The van der Waals surface area contributed by atoms with Crippen LogP contribution in [0.1, 0.15) is 48.9 Å². The lowest BCUT2D eigenvalue weighted by atomic mass is 10.1. The highest BCUT2D eigenvalue weighted by Crippen LogP contribution is 2.26. The van der Waals surface area contributed by atoms with Gasteiger partial charge in [-0.3, -0.25) is 0 Å². The Labute approximate surface area is 174 Å². The summed E-state index contributed by atoms with van der Waals surface area (Å²) >= 11 is 0. The number of unbranched alkanes of at least 4 members (excludes halogenated alkanes) is 5. The Balaban J connectivity index is 1.70. The first-order valence-corrected chi connectivity index (χ1v) is 9.82. The van der Waals surface area contributed by atoms with Crippen molar-refractivity contribution >= 4 is 17.3 Å². The van der Waals surface area contributed by atoms with Crippen LogP contribution in [0, 0.1) is 0 Å². The maximum absolute atomic E-state index is 11.0. The number of rotatable bonds is 13. The summed E-state index contributed by atoms with van der Waals surface area (Å²) in [5.41, 5.74) is 8.91. The van der Waals surface area contributed by atoms with Gasteiger partial charge in [-0.2, -0.15) is 10.2 Å². The van der Waals surface area contributed by atoms with Crippen LogP contribution >= 0.6 is 0 Å². The highest BCUT2D eigenvalue weighted by atomic mass is 16.5. The van der Waals surface area contributed by atoms with E-state index in [1.54, 1.807) is 12.1 Å². The molecule has 158 valence electrons. The average molecular weight is 411 g/mol. The van der Waals surface area contributed by atoms with Gasteiger partial charge < -0.3 is 14.9 Å².